The molecule has 0 fully saturated rings. The zero-order chi connectivity index (χ0) is 29.5. The summed E-state index contributed by atoms with van der Waals surface area (Å²) < 4.78 is 11.9. The van der Waals surface area contributed by atoms with E-state index in [4.69, 9.17) is 9.47 Å². The van der Waals surface area contributed by atoms with Gasteiger partial charge in [0.15, 0.2) is 0 Å². The molecular formula is C36H38O4. The van der Waals surface area contributed by atoms with Crippen molar-refractivity contribution < 1.29 is 19.1 Å². The minimum absolute atomic E-state index is 0.362. The van der Waals surface area contributed by atoms with Gasteiger partial charge in [-0.15, -0.1) is 0 Å². The van der Waals surface area contributed by atoms with Gasteiger partial charge in [0, 0.05) is 0 Å². The van der Waals surface area contributed by atoms with Crippen LogP contribution in [0.15, 0.2) is 48.5 Å². The van der Waals surface area contributed by atoms with Crippen LogP contribution in [0.1, 0.15) is 76.4 Å². The van der Waals surface area contributed by atoms with Crippen LogP contribution < -0.4 is 9.47 Å². The Morgan fingerprint density at radius 1 is 0.425 bits per heavy atom. The topological polar surface area (TPSA) is 52.6 Å². The lowest BCUT2D eigenvalue weighted by molar-refractivity contribution is 0.0722. The minimum Gasteiger partial charge on any atom is -0.422 e. The fourth-order valence-corrected chi connectivity index (χ4v) is 5.03. The predicted molar refractivity (Wildman–Crippen MR) is 162 cm³/mol. The number of carbonyl (C=O) groups excluding carboxylic acids is 2. The molecule has 0 atom stereocenters. The van der Waals surface area contributed by atoms with E-state index in [0.717, 1.165) is 66.8 Å². The van der Waals surface area contributed by atoms with Crippen molar-refractivity contribution in [3.63, 3.8) is 0 Å². The van der Waals surface area contributed by atoms with Crippen LogP contribution in [0.25, 0.3) is 11.1 Å². The second-order valence-electron chi connectivity index (χ2n) is 11.0. The van der Waals surface area contributed by atoms with E-state index in [1.807, 2.05) is 79.7 Å². The molecule has 0 aliphatic rings. The highest BCUT2D eigenvalue weighted by Crippen LogP contribution is 2.40. The van der Waals surface area contributed by atoms with Crippen LogP contribution in [-0.2, 0) is 0 Å². The third kappa shape index (κ3) is 5.44. The SMILES string of the molecule is Cc1ccc(C(=O)Oc2c(C)cc(-c3cc(C)c(OC(=O)c4ccc(C)c(C)c4)c(C)c3C)c(C)c2C)cc1C. The maximum absolute atomic E-state index is 13.0. The lowest BCUT2D eigenvalue weighted by Crippen LogP contribution is -2.12. The monoisotopic (exact) mass is 534 g/mol. The van der Waals surface area contributed by atoms with Crippen molar-refractivity contribution in [2.24, 2.45) is 0 Å². The van der Waals surface area contributed by atoms with Crippen molar-refractivity contribution in [2.45, 2.75) is 69.2 Å². The first-order valence-electron chi connectivity index (χ1n) is 13.6. The summed E-state index contributed by atoms with van der Waals surface area (Å²) in [6.45, 7) is 20.0. The molecule has 0 aliphatic heterocycles. The highest BCUT2D eigenvalue weighted by atomic mass is 16.5. The molecule has 0 amide bonds. The van der Waals surface area contributed by atoms with Crippen molar-refractivity contribution in [2.75, 3.05) is 0 Å². The molecule has 4 rings (SSSR count). The molecule has 0 saturated heterocycles. The minimum atomic E-state index is -0.362. The fourth-order valence-electron chi connectivity index (χ4n) is 5.03. The first-order valence-corrected chi connectivity index (χ1v) is 13.6. The first kappa shape index (κ1) is 28.8. The Hall–Kier alpha value is -4.18. The molecule has 206 valence electrons. The van der Waals surface area contributed by atoms with Gasteiger partial charge in [-0.3, -0.25) is 0 Å². The van der Waals surface area contributed by atoms with E-state index in [-0.39, 0.29) is 11.9 Å². The molecule has 4 aromatic carbocycles. The van der Waals surface area contributed by atoms with Gasteiger partial charge in [-0.05, 0) is 172 Å². The quantitative estimate of drug-likeness (QED) is 0.189. The summed E-state index contributed by atoms with van der Waals surface area (Å²) in [5.74, 6) is 0.461. The fraction of sp³-hybridized carbons (Fsp3) is 0.278. The lowest BCUT2D eigenvalue weighted by Gasteiger charge is -2.21. The normalized spacial score (nSPS) is 10.9. The van der Waals surface area contributed by atoms with Crippen molar-refractivity contribution in [1.82, 2.24) is 0 Å². The van der Waals surface area contributed by atoms with Crippen molar-refractivity contribution in [1.29, 1.82) is 0 Å². The molecule has 40 heavy (non-hydrogen) atoms. The zero-order valence-electron chi connectivity index (χ0n) is 25.3. The summed E-state index contributed by atoms with van der Waals surface area (Å²) in [6, 6.07) is 15.4. The highest BCUT2D eigenvalue weighted by Gasteiger charge is 2.21. The number of ether oxygens (including phenoxy) is 2. The van der Waals surface area contributed by atoms with Crippen molar-refractivity contribution in [3.8, 4) is 22.6 Å². The van der Waals surface area contributed by atoms with E-state index in [1.165, 1.54) is 0 Å². The standard InChI is InChI=1S/C36H38O4/c1-19-11-13-29(15-21(19)3)35(37)39-33-23(5)17-31(25(7)27(33)9)32-18-24(6)34(28(10)26(32)8)40-36(38)30-14-12-20(2)22(4)16-30/h11-18H,1-10H3. The highest BCUT2D eigenvalue weighted by molar-refractivity contribution is 5.93. The van der Waals surface area contributed by atoms with Crippen LogP contribution in [0.2, 0.25) is 0 Å². The molecular weight excluding hydrogens is 496 g/mol. The van der Waals surface area contributed by atoms with Gasteiger partial charge in [-0.1, -0.05) is 12.1 Å². The van der Waals surface area contributed by atoms with Gasteiger partial charge in [0.2, 0.25) is 0 Å². The average Bonchev–Trinajstić information content (AvgIpc) is 2.91. The van der Waals surface area contributed by atoms with Crippen molar-refractivity contribution >= 4 is 11.9 Å². The van der Waals surface area contributed by atoms with Gasteiger partial charge in [0.05, 0.1) is 11.1 Å². The molecule has 4 aromatic rings. The second-order valence-corrected chi connectivity index (χ2v) is 11.0. The maximum atomic E-state index is 13.0. The number of rotatable bonds is 5. The van der Waals surface area contributed by atoms with E-state index >= 15 is 0 Å². The van der Waals surface area contributed by atoms with Crippen LogP contribution in [0, 0.1) is 69.2 Å². The van der Waals surface area contributed by atoms with Crippen LogP contribution in [0.3, 0.4) is 0 Å². The second kappa shape index (κ2) is 11.1. The molecule has 4 nitrogen and oxygen atoms in total. The maximum Gasteiger partial charge on any atom is 0.343 e. The largest absolute Gasteiger partial charge is 0.422 e. The summed E-state index contributed by atoms with van der Waals surface area (Å²) >= 11 is 0. The van der Waals surface area contributed by atoms with Gasteiger partial charge >= 0.3 is 11.9 Å². The van der Waals surface area contributed by atoms with E-state index in [2.05, 4.69) is 26.0 Å². The molecule has 0 aliphatic carbocycles. The molecule has 4 heteroatoms. The van der Waals surface area contributed by atoms with Crippen LogP contribution in [0.5, 0.6) is 11.5 Å². The molecule has 0 N–H and O–H groups in total. The summed E-state index contributed by atoms with van der Waals surface area (Å²) in [4.78, 5) is 26.0. The van der Waals surface area contributed by atoms with E-state index in [1.54, 1.807) is 12.1 Å². The zero-order valence-corrected chi connectivity index (χ0v) is 25.3. The number of benzene rings is 4. The number of esters is 2. The van der Waals surface area contributed by atoms with Gasteiger partial charge in [0.25, 0.3) is 0 Å². The average molecular weight is 535 g/mol. The molecule has 0 heterocycles. The van der Waals surface area contributed by atoms with Gasteiger partial charge in [0.1, 0.15) is 11.5 Å². The van der Waals surface area contributed by atoms with E-state index < -0.39 is 0 Å². The Bertz CT molecular complexity index is 1550. The molecule has 0 bridgehead atoms. The molecule has 0 radical (unpaired) electrons. The molecule has 0 saturated carbocycles. The third-order valence-electron chi connectivity index (χ3n) is 8.22. The Morgan fingerprint density at radius 3 is 1.10 bits per heavy atom. The van der Waals surface area contributed by atoms with Crippen molar-refractivity contribution in [3.05, 3.63) is 115 Å². The number of hydrogen-bond donors (Lipinski definition) is 0. The number of carbonyl (C=O) groups is 2. The van der Waals surface area contributed by atoms with Crippen LogP contribution in [-0.4, -0.2) is 11.9 Å². The predicted octanol–water partition coefficient (Wildman–Crippen LogP) is 8.88. The van der Waals surface area contributed by atoms with E-state index in [0.29, 0.717) is 22.6 Å². The summed E-state index contributed by atoms with van der Waals surface area (Å²) in [5, 5.41) is 0. The van der Waals surface area contributed by atoms with Gasteiger partial charge in [-0.2, -0.15) is 0 Å². The summed E-state index contributed by atoms with van der Waals surface area (Å²) in [6.07, 6.45) is 0. The number of aryl methyl sites for hydroxylation is 6. The molecule has 0 unspecified atom stereocenters. The number of hydrogen-bond acceptors (Lipinski definition) is 4. The Kier molecular flexibility index (Phi) is 8.02. The lowest BCUT2D eigenvalue weighted by atomic mass is 9.88. The Morgan fingerprint density at radius 2 is 0.775 bits per heavy atom. The van der Waals surface area contributed by atoms with E-state index in [9.17, 15) is 9.59 Å². The molecule has 0 spiro atoms. The van der Waals surface area contributed by atoms with Gasteiger partial charge in [-0.25, -0.2) is 9.59 Å². The third-order valence-corrected chi connectivity index (χ3v) is 8.22. The smallest absolute Gasteiger partial charge is 0.343 e. The Labute approximate surface area is 238 Å². The molecule has 0 aromatic heterocycles. The van der Waals surface area contributed by atoms with Crippen LogP contribution >= 0.6 is 0 Å². The Balaban J connectivity index is 1.68. The van der Waals surface area contributed by atoms with Crippen LogP contribution in [0.4, 0.5) is 0 Å². The first-order chi connectivity index (χ1) is 18.8. The summed E-state index contributed by atoms with van der Waals surface area (Å²) in [7, 11) is 0. The summed E-state index contributed by atoms with van der Waals surface area (Å²) in [5.41, 5.74) is 13.3. The van der Waals surface area contributed by atoms with Gasteiger partial charge < -0.3 is 9.47 Å².